The van der Waals surface area contributed by atoms with Crippen LogP contribution in [0.5, 0.6) is 5.75 Å². The smallest absolute Gasteiger partial charge is 0.260 e. The third kappa shape index (κ3) is 5.50. The van der Waals surface area contributed by atoms with E-state index in [1.807, 2.05) is 79.7 Å². The topological polar surface area (TPSA) is 50.4 Å². The van der Waals surface area contributed by atoms with Gasteiger partial charge in [0.2, 0.25) is 0 Å². The van der Waals surface area contributed by atoms with Crippen molar-refractivity contribution in [2.75, 3.05) is 5.32 Å². The molecule has 1 amide bonds. The minimum Gasteiger partial charge on any atom is -0.488 e. The van der Waals surface area contributed by atoms with E-state index in [9.17, 15) is 4.79 Å². The molecular weight excluding hydrogens is 544 g/mol. The number of thioether (sulfide) groups is 1. The highest BCUT2D eigenvalue weighted by Gasteiger charge is 2.28. The predicted octanol–water partition coefficient (Wildman–Crippen LogP) is 7.74. The van der Waals surface area contributed by atoms with Gasteiger partial charge in [-0.2, -0.15) is 0 Å². The maximum atomic E-state index is 12.9. The maximum Gasteiger partial charge on any atom is 0.260 e. The highest BCUT2D eigenvalue weighted by Crippen LogP contribution is 2.36. The molecule has 4 aromatic carbocycles. The monoisotopic (exact) mass is 564 g/mol. The third-order valence-corrected chi connectivity index (χ3v) is 7.51. The molecule has 176 valence electrons. The first-order valence-corrected chi connectivity index (χ1v) is 13.1. The van der Waals surface area contributed by atoms with Crippen molar-refractivity contribution in [1.29, 1.82) is 0 Å². The van der Waals surface area contributed by atoms with Crippen LogP contribution in [-0.4, -0.2) is 11.4 Å². The fourth-order valence-corrected chi connectivity index (χ4v) is 5.37. The molecule has 2 N–H and O–H groups in total. The summed E-state index contributed by atoms with van der Waals surface area (Å²) >= 11 is 11.0. The van der Waals surface area contributed by atoms with E-state index in [2.05, 4.69) is 38.7 Å². The molecule has 1 heterocycles. The molecule has 1 aliphatic rings. The Morgan fingerprint density at radius 3 is 2.69 bits per heavy atom. The van der Waals surface area contributed by atoms with E-state index in [1.54, 1.807) is 0 Å². The molecular formula is C28H22BrClN2O2S. The summed E-state index contributed by atoms with van der Waals surface area (Å²) in [5, 5.41) is 9.20. The molecule has 0 bridgehead atoms. The first-order valence-electron chi connectivity index (χ1n) is 11.1. The van der Waals surface area contributed by atoms with Gasteiger partial charge in [0.25, 0.3) is 5.91 Å². The summed E-state index contributed by atoms with van der Waals surface area (Å²) < 4.78 is 7.26. The fraction of sp³-hybridized carbons (Fsp3) is 0.107. The zero-order chi connectivity index (χ0) is 24.4. The molecule has 1 unspecified atom stereocenters. The Bertz CT molecular complexity index is 1440. The molecule has 0 spiro atoms. The van der Waals surface area contributed by atoms with Crippen LogP contribution >= 0.6 is 39.3 Å². The zero-order valence-corrected chi connectivity index (χ0v) is 22.0. The maximum absolute atomic E-state index is 12.9. The van der Waals surface area contributed by atoms with Crippen LogP contribution in [0.2, 0.25) is 5.02 Å². The van der Waals surface area contributed by atoms with Gasteiger partial charge in [0.15, 0.2) is 5.50 Å². The number of benzene rings is 4. The van der Waals surface area contributed by atoms with Crippen LogP contribution in [0.3, 0.4) is 0 Å². The van der Waals surface area contributed by atoms with Gasteiger partial charge in [0, 0.05) is 20.7 Å². The molecule has 7 heteroatoms. The SMILES string of the molecule is Cc1cc(Cl)ccc1NC1NC(=O)/C(=C/c2c(OCc3ccc(Br)cc3)ccc3ccccc23)S1. The van der Waals surface area contributed by atoms with Crippen molar-refractivity contribution in [3.05, 3.63) is 110 Å². The highest BCUT2D eigenvalue weighted by atomic mass is 79.9. The lowest BCUT2D eigenvalue weighted by atomic mass is 10.0. The van der Waals surface area contributed by atoms with Crippen molar-refractivity contribution in [3.63, 3.8) is 0 Å². The summed E-state index contributed by atoms with van der Waals surface area (Å²) in [5.41, 5.74) is 3.62. The van der Waals surface area contributed by atoms with Gasteiger partial charge >= 0.3 is 0 Å². The second kappa shape index (κ2) is 10.4. The Kier molecular flexibility index (Phi) is 7.04. The normalized spacial score (nSPS) is 16.5. The molecule has 1 atom stereocenters. The largest absolute Gasteiger partial charge is 0.488 e. The Hall–Kier alpha value is -2.93. The summed E-state index contributed by atoms with van der Waals surface area (Å²) in [6.45, 7) is 2.42. The van der Waals surface area contributed by atoms with Gasteiger partial charge in [-0.05, 0) is 71.3 Å². The van der Waals surface area contributed by atoms with Gasteiger partial charge in [0.1, 0.15) is 12.4 Å². The lowest BCUT2D eigenvalue weighted by Gasteiger charge is -2.15. The Morgan fingerprint density at radius 2 is 1.89 bits per heavy atom. The van der Waals surface area contributed by atoms with Crippen molar-refractivity contribution in [2.24, 2.45) is 0 Å². The van der Waals surface area contributed by atoms with Crippen LogP contribution in [-0.2, 0) is 11.4 Å². The molecule has 35 heavy (non-hydrogen) atoms. The lowest BCUT2D eigenvalue weighted by molar-refractivity contribution is -0.116. The first-order chi connectivity index (χ1) is 17.0. The average Bonchev–Trinajstić information content (AvgIpc) is 3.20. The Balaban J connectivity index is 1.43. The first kappa shape index (κ1) is 23.8. The number of nitrogens with one attached hydrogen (secondary N) is 2. The standard InChI is InChI=1S/C28H22BrClN2O2S/c1-17-14-21(30)11-12-24(17)31-28-32-27(33)26(35-28)15-23-22-5-3-2-4-19(22)8-13-25(23)34-16-18-6-9-20(29)10-7-18/h2-15,28,31H,16H2,1H3,(H,32,33)/b26-15-. The quantitative estimate of drug-likeness (QED) is 0.235. The van der Waals surface area contributed by atoms with Crippen molar-refractivity contribution >= 4 is 67.7 Å². The van der Waals surface area contributed by atoms with E-state index >= 15 is 0 Å². The van der Waals surface area contributed by atoms with Crippen LogP contribution in [0, 0.1) is 6.92 Å². The molecule has 1 aliphatic heterocycles. The van der Waals surface area contributed by atoms with Gasteiger partial charge in [-0.25, -0.2) is 0 Å². The number of hydrogen-bond donors (Lipinski definition) is 2. The Morgan fingerprint density at radius 1 is 1.09 bits per heavy atom. The van der Waals surface area contributed by atoms with Crippen LogP contribution in [0.25, 0.3) is 16.8 Å². The van der Waals surface area contributed by atoms with Crippen LogP contribution < -0.4 is 15.4 Å². The molecule has 0 saturated carbocycles. The number of carbonyl (C=O) groups excluding carboxylic acids is 1. The lowest BCUT2D eigenvalue weighted by Crippen LogP contribution is -2.31. The van der Waals surface area contributed by atoms with Gasteiger partial charge < -0.3 is 15.4 Å². The van der Waals surface area contributed by atoms with Crippen LogP contribution in [0.1, 0.15) is 16.7 Å². The molecule has 0 radical (unpaired) electrons. The van der Waals surface area contributed by atoms with Gasteiger partial charge in [-0.3, -0.25) is 4.79 Å². The van der Waals surface area contributed by atoms with E-state index in [-0.39, 0.29) is 11.4 Å². The van der Waals surface area contributed by atoms with E-state index in [4.69, 9.17) is 16.3 Å². The van der Waals surface area contributed by atoms with Crippen molar-refractivity contribution in [3.8, 4) is 5.75 Å². The van der Waals surface area contributed by atoms with Crippen molar-refractivity contribution < 1.29 is 9.53 Å². The second-order valence-electron chi connectivity index (χ2n) is 8.20. The summed E-state index contributed by atoms with van der Waals surface area (Å²) in [5.74, 6) is 0.614. The number of ether oxygens (including phenoxy) is 1. The molecule has 1 fully saturated rings. The van der Waals surface area contributed by atoms with Crippen LogP contribution in [0.4, 0.5) is 5.69 Å². The fourth-order valence-electron chi connectivity index (χ4n) is 3.92. The average molecular weight is 566 g/mol. The number of anilines is 1. The number of halogens is 2. The van der Waals surface area contributed by atoms with Gasteiger partial charge in [-0.15, -0.1) is 0 Å². The van der Waals surface area contributed by atoms with E-state index in [0.29, 0.717) is 16.5 Å². The van der Waals surface area contributed by atoms with Crippen LogP contribution in [0.15, 0.2) is 88.2 Å². The minimum atomic E-state index is -0.282. The summed E-state index contributed by atoms with van der Waals surface area (Å²) in [4.78, 5) is 13.5. The second-order valence-corrected chi connectivity index (χ2v) is 10.7. The molecule has 0 aromatic heterocycles. The third-order valence-electron chi connectivity index (χ3n) is 5.72. The number of hydrogen-bond acceptors (Lipinski definition) is 4. The number of rotatable bonds is 6. The van der Waals surface area contributed by atoms with E-state index in [0.717, 1.165) is 43.4 Å². The number of fused-ring (bicyclic) bond motifs is 1. The van der Waals surface area contributed by atoms with E-state index in [1.165, 1.54) is 11.8 Å². The number of carbonyl (C=O) groups is 1. The summed E-state index contributed by atoms with van der Waals surface area (Å²) in [7, 11) is 0. The molecule has 4 nitrogen and oxygen atoms in total. The Labute approximate surface area is 221 Å². The summed E-state index contributed by atoms with van der Waals surface area (Å²) in [6.07, 6.45) is 1.93. The highest BCUT2D eigenvalue weighted by molar-refractivity contribution is 9.10. The van der Waals surface area contributed by atoms with Gasteiger partial charge in [-0.1, -0.05) is 81.8 Å². The number of aryl methyl sites for hydroxylation is 1. The predicted molar refractivity (Wildman–Crippen MR) is 150 cm³/mol. The molecule has 0 aliphatic carbocycles. The zero-order valence-electron chi connectivity index (χ0n) is 18.8. The molecule has 1 saturated heterocycles. The molecule has 5 rings (SSSR count). The minimum absolute atomic E-state index is 0.120. The number of amides is 1. The summed E-state index contributed by atoms with van der Waals surface area (Å²) in [6, 6.07) is 25.8. The molecule has 4 aromatic rings. The van der Waals surface area contributed by atoms with Gasteiger partial charge in [0.05, 0.1) is 4.91 Å². The van der Waals surface area contributed by atoms with E-state index < -0.39 is 0 Å². The van der Waals surface area contributed by atoms with Crippen molar-refractivity contribution in [2.45, 2.75) is 19.0 Å². The van der Waals surface area contributed by atoms with Crippen molar-refractivity contribution in [1.82, 2.24) is 5.32 Å².